The Bertz CT molecular complexity index is 359. The fraction of sp³-hybridized carbons (Fsp3) is 0.600. The average molecular weight is 241 g/mol. The van der Waals surface area contributed by atoms with Crippen LogP contribution in [0.4, 0.5) is 11.6 Å². The summed E-state index contributed by atoms with van der Waals surface area (Å²) in [4.78, 5) is 8.22. The lowest BCUT2D eigenvalue weighted by atomic mass is 9.98. The number of nitrogens with two attached hydrogens (primary N) is 1. The zero-order chi connectivity index (χ0) is 12.9. The zero-order valence-electron chi connectivity index (χ0n) is 10.1. The van der Waals surface area contributed by atoms with Crippen molar-refractivity contribution < 1.29 is 10.2 Å². The van der Waals surface area contributed by atoms with Crippen molar-refractivity contribution in [2.24, 2.45) is 5.84 Å². The Morgan fingerprint density at radius 3 is 2.35 bits per heavy atom. The maximum absolute atomic E-state index is 9.33. The van der Waals surface area contributed by atoms with E-state index >= 15 is 0 Å². The van der Waals surface area contributed by atoms with Gasteiger partial charge in [-0.15, -0.1) is 0 Å². The number of aliphatic hydroxyl groups excluding tert-OH is 2. The van der Waals surface area contributed by atoms with Crippen LogP contribution in [0, 0.1) is 6.92 Å². The summed E-state index contributed by atoms with van der Waals surface area (Å²) < 4.78 is 0. The number of aryl methyl sites for hydroxylation is 1. The van der Waals surface area contributed by atoms with Crippen molar-refractivity contribution in [3.63, 3.8) is 0 Å². The third kappa shape index (κ3) is 3.26. The second kappa shape index (κ2) is 5.76. The summed E-state index contributed by atoms with van der Waals surface area (Å²) in [5.41, 5.74) is 1.65. The third-order valence-corrected chi connectivity index (χ3v) is 2.66. The lowest BCUT2D eigenvalue weighted by Crippen LogP contribution is -2.45. The van der Waals surface area contributed by atoms with Gasteiger partial charge in [0, 0.05) is 6.07 Å². The maximum Gasteiger partial charge on any atom is 0.145 e. The van der Waals surface area contributed by atoms with Crippen LogP contribution in [-0.2, 0) is 0 Å². The molecule has 17 heavy (non-hydrogen) atoms. The van der Waals surface area contributed by atoms with E-state index in [1.54, 1.807) is 13.0 Å². The molecular formula is C10H19N5O2. The van der Waals surface area contributed by atoms with E-state index in [1.807, 2.05) is 6.92 Å². The van der Waals surface area contributed by atoms with E-state index in [2.05, 4.69) is 20.7 Å². The fourth-order valence-electron chi connectivity index (χ4n) is 1.42. The minimum absolute atomic E-state index is 0.186. The van der Waals surface area contributed by atoms with Crippen molar-refractivity contribution in [3.05, 3.63) is 11.9 Å². The molecule has 1 rings (SSSR count). The predicted octanol–water partition coefficient (Wildman–Crippen LogP) is -0.384. The first-order valence-corrected chi connectivity index (χ1v) is 5.41. The molecule has 0 spiro atoms. The average Bonchev–Trinajstić information content (AvgIpc) is 2.35. The largest absolute Gasteiger partial charge is 0.394 e. The van der Waals surface area contributed by atoms with Crippen LogP contribution >= 0.6 is 0 Å². The van der Waals surface area contributed by atoms with Gasteiger partial charge in [0.1, 0.15) is 17.5 Å². The topological polar surface area (TPSA) is 116 Å². The molecule has 0 radical (unpaired) electrons. The van der Waals surface area contributed by atoms with Crippen LogP contribution in [0.15, 0.2) is 6.07 Å². The van der Waals surface area contributed by atoms with Crippen molar-refractivity contribution in [3.8, 4) is 0 Å². The second-order valence-electron chi connectivity index (χ2n) is 3.91. The summed E-state index contributed by atoms with van der Waals surface area (Å²) in [5.74, 6) is 6.81. The number of nitrogen functional groups attached to an aromatic ring is 1. The van der Waals surface area contributed by atoms with Gasteiger partial charge in [-0.05, 0) is 13.3 Å². The standard InChI is InChI=1S/C10H19N5O2/c1-3-10(5-16,6-17)14-8-4-9(15-11)13-7(2)12-8/h4,16-17H,3,5-6,11H2,1-2H3,(H2,12,13,14,15). The number of rotatable bonds is 6. The van der Waals surface area contributed by atoms with E-state index in [0.29, 0.717) is 23.9 Å². The molecule has 0 fully saturated rings. The first-order chi connectivity index (χ1) is 8.09. The molecule has 0 saturated carbocycles. The summed E-state index contributed by atoms with van der Waals surface area (Å²) in [5, 5.41) is 21.7. The molecule has 1 aromatic rings. The monoisotopic (exact) mass is 241 g/mol. The number of anilines is 2. The van der Waals surface area contributed by atoms with Gasteiger partial charge in [-0.3, -0.25) is 0 Å². The number of aromatic nitrogens is 2. The first-order valence-electron chi connectivity index (χ1n) is 5.41. The molecule has 6 N–H and O–H groups in total. The molecule has 0 saturated heterocycles. The molecule has 0 aromatic carbocycles. The van der Waals surface area contributed by atoms with Crippen molar-refractivity contribution in [2.75, 3.05) is 24.0 Å². The van der Waals surface area contributed by atoms with E-state index in [0.717, 1.165) is 0 Å². The quantitative estimate of drug-likeness (QED) is 0.340. The van der Waals surface area contributed by atoms with Gasteiger partial charge in [-0.2, -0.15) is 0 Å². The van der Waals surface area contributed by atoms with Crippen molar-refractivity contribution in [1.29, 1.82) is 0 Å². The molecule has 7 nitrogen and oxygen atoms in total. The van der Waals surface area contributed by atoms with Gasteiger partial charge in [0.15, 0.2) is 0 Å². The molecular weight excluding hydrogens is 222 g/mol. The molecule has 96 valence electrons. The van der Waals surface area contributed by atoms with Gasteiger partial charge >= 0.3 is 0 Å². The van der Waals surface area contributed by atoms with Gasteiger partial charge in [0.25, 0.3) is 0 Å². The highest BCUT2D eigenvalue weighted by Crippen LogP contribution is 2.18. The highest BCUT2D eigenvalue weighted by molar-refractivity contribution is 5.48. The van der Waals surface area contributed by atoms with E-state index in [4.69, 9.17) is 5.84 Å². The Hall–Kier alpha value is -1.44. The van der Waals surface area contributed by atoms with Gasteiger partial charge in [0.2, 0.25) is 0 Å². The van der Waals surface area contributed by atoms with Crippen molar-refractivity contribution >= 4 is 11.6 Å². The van der Waals surface area contributed by atoms with Gasteiger partial charge in [-0.1, -0.05) is 6.92 Å². The molecule has 0 unspecified atom stereocenters. The second-order valence-corrected chi connectivity index (χ2v) is 3.91. The molecule has 0 bridgehead atoms. The molecule has 0 amide bonds. The van der Waals surface area contributed by atoms with Crippen LogP contribution in [0.2, 0.25) is 0 Å². The van der Waals surface area contributed by atoms with Crippen LogP contribution in [0.25, 0.3) is 0 Å². The van der Waals surface area contributed by atoms with Crippen molar-refractivity contribution in [2.45, 2.75) is 25.8 Å². The third-order valence-electron chi connectivity index (χ3n) is 2.66. The molecule has 0 atom stereocenters. The summed E-state index contributed by atoms with van der Waals surface area (Å²) in [7, 11) is 0. The fourth-order valence-corrected chi connectivity index (χ4v) is 1.42. The maximum atomic E-state index is 9.33. The zero-order valence-corrected chi connectivity index (χ0v) is 10.1. The normalized spacial score (nSPS) is 11.4. The minimum Gasteiger partial charge on any atom is -0.394 e. The van der Waals surface area contributed by atoms with Crippen LogP contribution in [0.5, 0.6) is 0 Å². The summed E-state index contributed by atoms with van der Waals surface area (Å²) >= 11 is 0. The lowest BCUT2D eigenvalue weighted by molar-refractivity contribution is 0.132. The summed E-state index contributed by atoms with van der Waals surface area (Å²) in [6, 6.07) is 1.61. The number of nitrogens with one attached hydrogen (secondary N) is 2. The highest BCUT2D eigenvalue weighted by atomic mass is 16.3. The first kappa shape index (κ1) is 13.6. The molecule has 0 aliphatic rings. The smallest absolute Gasteiger partial charge is 0.145 e. The lowest BCUT2D eigenvalue weighted by Gasteiger charge is -2.30. The number of hydrogen-bond acceptors (Lipinski definition) is 7. The van der Waals surface area contributed by atoms with Gasteiger partial charge in [0.05, 0.1) is 18.8 Å². The summed E-state index contributed by atoms with van der Waals surface area (Å²) in [6.45, 7) is 3.23. The highest BCUT2D eigenvalue weighted by Gasteiger charge is 2.26. The van der Waals surface area contributed by atoms with E-state index < -0.39 is 5.54 Å². The number of aliphatic hydroxyl groups is 2. The molecule has 1 aromatic heterocycles. The number of hydrazine groups is 1. The Morgan fingerprint density at radius 1 is 1.29 bits per heavy atom. The summed E-state index contributed by atoms with van der Waals surface area (Å²) in [6.07, 6.45) is 0.564. The van der Waals surface area contributed by atoms with Crippen LogP contribution in [0.1, 0.15) is 19.2 Å². The minimum atomic E-state index is -0.785. The molecule has 1 heterocycles. The van der Waals surface area contributed by atoms with E-state index in [1.165, 1.54) is 0 Å². The van der Waals surface area contributed by atoms with Crippen molar-refractivity contribution in [1.82, 2.24) is 9.97 Å². The molecule has 7 heteroatoms. The molecule has 0 aliphatic carbocycles. The number of nitrogens with zero attached hydrogens (tertiary/aromatic N) is 2. The van der Waals surface area contributed by atoms with E-state index in [-0.39, 0.29) is 13.2 Å². The predicted molar refractivity (Wildman–Crippen MR) is 65.4 cm³/mol. The van der Waals surface area contributed by atoms with Crippen LogP contribution in [0.3, 0.4) is 0 Å². The SMILES string of the molecule is CCC(CO)(CO)Nc1cc(NN)nc(C)n1. The Morgan fingerprint density at radius 2 is 1.88 bits per heavy atom. The van der Waals surface area contributed by atoms with Crippen LogP contribution < -0.4 is 16.6 Å². The Labute approximate surface area is 100 Å². The van der Waals surface area contributed by atoms with Gasteiger partial charge < -0.3 is 21.0 Å². The Balaban J connectivity index is 2.96. The molecule has 0 aliphatic heterocycles. The Kier molecular flexibility index (Phi) is 4.62. The van der Waals surface area contributed by atoms with Gasteiger partial charge in [-0.25, -0.2) is 15.8 Å². The van der Waals surface area contributed by atoms with E-state index in [9.17, 15) is 10.2 Å². The van der Waals surface area contributed by atoms with Crippen LogP contribution in [-0.4, -0.2) is 38.9 Å². The number of hydrogen-bond donors (Lipinski definition) is 5.